The molecule has 1 saturated heterocycles. The van der Waals surface area contributed by atoms with Crippen LogP contribution in [0.25, 0.3) is 0 Å². The lowest BCUT2D eigenvalue weighted by atomic mass is 9.94. The minimum atomic E-state index is -0.244. The van der Waals surface area contributed by atoms with Gasteiger partial charge in [0.05, 0.1) is 5.41 Å². The lowest BCUT2D eigenvalue weighted by Crippen LogP contribution is -2.46. The van der Waals surface area contributed by atoms with Crippen LogP contribution in [0.5, 0.6) is 0 Å². The Morgan fingerprint density at radius 1 is 1.21 bits per heavy atom. The Kier molecular flexibility index (Phi) is 3.63. The molecule has 0 spiro atoms. The maximum Gasteiger partial charge on any atom is 0.230 e. The Morgan fingerprint density at radius 3 is 2.42 bits per heavy atom. The van der Waals surface area contributed by atoms with Crippen LogP contribution in [0.3, 0.4) is 0 Å². The Bertz CT molecular complexity index is 462. The van der Waals surface area contributed by atoms with Gasteiger partial charge < -0.3 is 10.6 Å². The second-order valence-electron chi connectivity index (χ2n) is 5.59. The average molecular weight is 323 g/mol. The van der Waals surface area contributed by atoms with Crippen molar-refractivity contribution >= 4 is 21.8 Å². The third-order valence-corrected chi connectivity index (χ3v) is 4.78. The molecule has 2 N–H and O–H groups in total. The van der Waals surface area contributed by atoms with E-state index in [9.17, 15) is 4.79 Å². The van der Waals surface area contributed by atoms with Crippen molar-refractivity contribution in [2.45, 2.75) is 37.1 Å². The topological polar surface area (TPSA) is 41.1 Å². The summed E-state index contributed by atoms with van der Waals surface area (Å²) in [6.45, 7) is 2.02. The summed E-state index contributed by atoms with van der Waals surface area (Å²) >= 11 is 3.44. The Morgan fingerprint density at radius 2 is 1.84 bits per heavy atom. The first-order valence-corrected chi connectivity index (χ1v) is 7.78. The molecule has 1 aromatic rings. The van der Waals surface area contributed by atoms with E-state index in [0.717, 1.165) is 48.8 Å². The van der Waals surface area contributed by atoms with Crippen LogP contribution in [0.15, 0.2) is 28.7 Å². The van der Waals surface area contributed by atoms with Crippen LogP contribution in [0.4, 0.5) is 0 Å². The van der Waals surface area contributed by atoms with Gasteiger partial charge in [-0.3, -0.25) is 4.79 Å². The summed E-state index contributed by atoms with van der Waals surface area (Å²) in [5.41, 5.74) is 0.910. The molecule has 3 rings (SSSR count). The third kappa shape index (κ3) is 2.70. The quantitative estimate of drug-likeness (QED) is 0.896. The van der Waals surface area contributed by atoms with Crippen molar-refractivity contribution in [2.75, 3.05) is 13.1 Å². The molecular formula is C15H19BrN2O. The van der Waals surface area contributed by atoms with Crippen LogP contribution < -0.4 is 10.6 Å². The number of hydrogen-bond acceptors (Lipinski definition) is 2. The van der Waals surface area contributed by atoms with Gasteiger partial charge in [-0.05, 0) is 56.5 Å². The molecule has 0 atom stereocenters. The van der Waals surface area contributed by atoms with Gasteiger partial charge in [0.1, 0.15) is 0 Å². The van der Waals surface area contributed by atoms with E-state index in [-0.39, 0.29) is 11.3 Å². The highest BCUT2D eigenvalue weighted by Crippen LogP contribution is 2.48. The standard InChI is InChI=1S/C15H19BrN2O/c16-12-3-1-11(2-4-12)15(7-8-15)14(19)18-13-5-9-17-10-6-13/h1-4,13,17H,5-10H2,(H,18,19). The Balaban J connectivity index is 1.70. The van der Waals surface area contributed by atoms with Gasteiger partial charge in [-0.1, -0.05) is 28.1 Å². The van der Waals surface area contributed by atoms with Gasteiger partial charge in [0, 0.05) is 10.5 Å². The largest absolute Gasteiger partial charge is 0.353 e. The molecule has 19 heavy (non-hydrogen) atoms. The van der Waals surface area contributed by atoms with E-state index in [2.05, 4.69) is 38.7 Å². The van der Waals surface area contributed by atoms with E-state index in [1.165, 1.54) is 0 Å². The van der Waals surface area contributed by atoms with E-state index in [4.69, 9.17) is 0 Å². The average Bonchev–Trinajstić information content (AvgIpc) is 3.22. The number of carbonyl (C=O) groups is 1. The summed E-state index contributed by atoms with van der Waals surface area (Å²) in [6.07, 6.45) is 4.04. The van der Waals surface area contributed by atoms with Gasteiger partial charge in [0.2, 0.25) is 5.91 Å². The molecule has 2 fully saturated rings. The number of nitrogens with one attached hydrogen (secondary N) is 2. The predicted octanol–water partition coefficient (Wildman–Crippen LogP) is 2.35. The number of hydrogen-bond donors (Lipinski definition) is 2. The number of rotatable bonds is 3. The van der Waals surface area contributed by atoms with Crippen molar-refractivity contribution in [2.24, 2.45) is 0 Å². The van der Waals surface area contributed by atoms with Gasteiger partial charge >= 0.3 is 0 Å². The molecule has 2 aliphatic rings. The zero-order chi connectivity index (χ0) is 13.3. The molecule has 1 heterocycles. The number of benzene rings is 1. The van der Waals surface area contributed by atoms with Gasteiger partial charge in [-0.15, -0.1) is 0 Å². The normalized spacial score (nSPS) is 21.9. The van der Waals surface area contributed by atoms with Crippen molar-refractivity contribution in [3.05, 3.63) is 34.3 Å². The predicted molar refractivity (Wildman–Crippen MR) is 79.1 cm³/mol. The Labute approximate surface area is 122 Å². The van der Waals surface area contributed by atoms with Gasteiger partial charge in [-0.2, -0.15) is 0 Å². The van der Waals surface area contributed by atoms with Crippen molar-refractivity contribution in [3.63, 3.8) is 0 Å². The van der Waals surface area contributed by atoms with Crippen molar-refractivity contribution < 1.29 is 4.79 Å². The van der Waals surface area contributed by atoms with Crippen LogP contribution in [-0.2, 0) is 10.2 Å². The van der Waals surface area contributed by atoms with E-state index >= 15 is 0 Å². The molecule has 1 aromatic carbocycles. The first-order chi connectivity index (χ1) is 9.21. The molecule has 1 saturated carbocycles. The molecule has 0 radical (unpaired) electrons. The van der Waals surface area contributed by atoms with Crippen LogP contribution in [-0.4, -0.2) is 25.0 Å². The zero-order valence-corrected chi connectivity index (χ0v) is 12.5. The van der Waals surface area contributed by atoms with Crippen LogP contribution in [0.1, 0.15) is 31.2 Å². The SMILES string of the molecule is O=C(NC1CCNCC1)C1(c2ccc(Br)cc2)CC1. The summed E-state index contributed by atoms with van der Waals surface area (Å²) in [4.78, 5) is 12.5. The van der Waals surface area contributed by atoms with Crippen LogP contribution in [0, 0.1) is 0 Å². The minimum absolute atomic E-state index is 0.224. The summed E-state index contributed by atoms with van der Waals surface area (Å²) in [6, 6.07) is 8.53. The van der Waals surface area contributed by atoms with Crippen LogP contribution in [0.2, 0.25) is 0 Å². The summed E-state index contributed by atoms with van der Waals surface area (Å²) in [7, 11) is 0. The fourth-order valence-electron chi connectivity index (χ4n) is 2.83. The van der Waals surface area contributed by atoms with E-state index < -0.39 is 0 Å². The van der Waals surface area contributed by atoms with Crippen molar-refractivity contribution in [3.8, 4) is 0 Å². The van der Waals surface area contributed by atoms with Gasteiger partial charge in [-0.25, -0.2) is 0 Å². The molecule has 0 aromatic heterocycles. The van der Waals surface area contributed by atoms with Gasteiger partial charge in [0.15, 0.2) is 0 Å². The summed E-state index contributed by atoms with van der Waals surface area (Å²) in [5.74, 6) is 0.224. The zero-order valence-electron chi connectivity index (χ0n) is 10.9. The first kappa shape index (κ1) is 13.1. The number of amides is 1. The molecule has 1 amide bonds. The molecule has 0 bridgehead atoms. The highest BCUT2D eigenvalue weighted by atomic mass is 79.9. The molecule has 4 heteroatoms. The molecule has 1 aliphatic carbocycles. The van der Waals surface area contributed by atoms with E-state index in [1.807, 2.05) is 12.1 Å². The second-order valence-corrected chi connectivity index (χ2v) is 6.50. The number of piperidine rings is 1. The second kappa shape index (κ2) is 5.25. The number of carbonyl (C=O) groups excluding carboxylic acids is 1. The summed E-state index contributed by atoms with van der Waals surface area (Å²) < 4.78 is 1.06. The fraction of sp³-hybridized carbons (Fsp3) is 0.533. The number of halogens is 1. The molecular weight excluding hydrogens is 304 g/mol. The molecule has 3 nitrogen and oxygen atoms in total. The van der Waals surface area contributed by atoms with E-state index in [1.54, 1.807) is 0 Å². The maximum atomic E-state index is 12.5. The lowest BCUT2D eigenvalue weighted by Gasteiger charge is -2.26. The van der Waals surface area contributed by atoms with E-state index in [0.29, 0.717) is 6.04 Å². The smallest absolute Gasteiger partial charge is 0.230 e. The van der Waals surface area contributed by atoms with Crippen molar-refractivity contribution in [1.29, 1.82) is 0 Å². The lowest BCUT2D eigenvalue weighted by molar-refractivity contribution is -0.124. The fourth-order valence-corrected chi connectivity index (χ4v) is 3.09. The molecule has 1 aliphatic heterocycles. The minimum Gasteiger partial charge on any atom is -0.353 e. The van der Waals surface area contributed by atoms with Crippen molar-refractivity contribution in [1.82, 2.24) is 10.6 Å². The highest BCUT2D eigenvalue weighted by molar-refractivity contribution is 9.10. The third-order valence-electron chi connectivity index (χ3n) is 4.26. The molecule has 0 unspecified atom stereocenters. The van der Waals surface area contributed by atoms with Gasteiger partial charge in [0.25, 0.3) is 0 Å². The summed E-state index contributed by atoms with van der Waals surface area (Å²) in [5, 5.41) is 6.57. The molecule has 102 valence electrons. The Hall–Kier alpha value is -0.870. The monoisotopic (exact) mass is 322 g/mol. The first-order valence-electron chi connectivity index (χ1n) is 6.98. The maximum absolute atomic E-state index is 12.5. The highest BCUT2D eigenvalue weighted by Gasteiger charge is 2.51. The van der Waals surface area contributed by atoms with Crippen LogP contribution >= 0.6 is 15.9 Å².